The van der Waals surface area contributed by atoms with E-state index in [-0.39, 0.29) is 5.97 Å². The van der Waals surface area contributed by atoms with Crippen molar-refractivity contribution in [3.8, 4) is 22.6 Å². The van der Waals surface area contributed by atoms with Crippen LogP contribution in [-0.4, -0.2) is 13.1 Å². The van der Waals surface area contributed by atoms with Gasteiger partial charge in [-0.15, -0.1) is 0 Å². The number of methoxy groups -OCH3 is 1. The summed E-state index contributed by atoms with van der Waals surface area (Å²) in [5.41, 5.74) is 4.56. The molecule has 0 aliphatic rings. The van der Waals surface area contributed by atoms with Crippen LogP contribution < -0.4 is 9.47 Å². The Morgan fingerprint density at radius 3 is 1.88 bits per heavy atom. The summed E-state index contributed by atoms with van der Waals surface area (Å²) in [6.07, 6.45) is 0.982. The SMILES string of the molecule is COc1ccc(CCC(=O)Oc2ccc(-c3ccc(C)cc3)cc2)cc1. The standard InChI is InChI=1S/C23H22O3/c1-17-3-8-19(9-4-17)20-10-14-22(15-11-20)26-23(24)16-7-18-5-12-21(25-2)13-6-18/h3-6,8-15H,7,16H2,1-2H3. The van der Waals surface area contributed by atoms with Gasteiger partial charge in [0.2, 0.25) is 0 Å². The highest BCUT2D eigenvalue weighted by atomic mass is 16.5. The molecule has 0 fully saturated rings. The van der Waals surface area contributed by atoms with Gasteiger partial charge in [-0.2, -0.15) is 0 Å². The zero-order valence-electron chi connectivity index (χ0n) is 15.1. The molecule has 3 nitrogen and oxygen atoms in total. The number of ether oxygens (including phenoxy) is 2. The van der Waals surface area contributed by atoms with Crippen molar-refractivity contribution in [2.45, 2.75) is 19.8 Å². The first kappa shape index (κ1) is 17.7. The Morgan fingerprint density at radius 1 is 0.769 bits per heavy atom. The van der Waals surface area contributed by atoms with Gasteiger partial charge in [0, 0.05) is 6.42 Å². The molecule has 0 saturated heterocycles. The van der Waals surface area contributed by atoms with Crippen molar-refractivity contribution in [1.29, 1.82) is 0 Å². The zero-order chi connectivity index (χ0) is 18.4. The van der Waals surface area contributed by atoms with E-state index in [1.165, 1.54) is 5.56 Å². The van der Waals surface area contributed by atoms with Crippen LogP contribution in [0.25, 0.3) is 11.1 Å². The summed E-state index contributed by atoms with van der Waals surface area (Å²) in [6.45, 7) is 2.07. The zero-order valence-corrected chi connectivity index (χ0v) is 15.1. The van der Waals surface area contributed by atoms with E-state index in [0.29, 0.717) is 18.6 Å². The molecule has 3 aromatic carbocycles. The van der Waals surface area contributed by atoms with Crippen LogP contribution in [0.5, 0.6) is 11.5 Å². The molecule has 0 saturated carbocycles. The number of carbonyl (C=O) groups is 1. The van der Waals surface area contributed by atoms with Crippen molar-refractivity contribution >= 4 is 5.97 Å². The molecule has 0 aliphatic heterocycles. The predicted molar refractivity (Wildman–Crippen MR) is 104 cm³/mol. The first-order valence-electron chi connectivity index (χ1n) is 8.65. The van der Waals surface area contributed by atoms with Gasteiger partial charge in [0.1, 0.15) is 11.5 Å². The van der Waals surface area contributed by atoms with Gasteiger partial charge in [-0.1, -0.05) is 54.1 Å². The van der Waals surface area contributed by atoms with Gasteiger partial charge in [0.15, 0.2) is 0 Å². The average molecular weight is 346 g/mol. The molecule has 3 heteroatoms. The van der Waals surface area contributed by atoms with E-state index in [1.54, 1.807) is 7.11 Å². The molecule has 0 amide bonds. The third-order valence-electron chi connectivity index (χ3n) is 4.25. The molecule has 3 aromatic rings. The fourth-order valence-electron chi connectivity index (χ4n) is 2.68. The Morgan fingerprint density at radius 2 is 1.31 bits per heavy atom. The van der Waals surface area contributed by atoms with Crippen LogP contribution in [0.3, 0.4) is 0 Å². The first-order valence-corrected chi connectivity index (χ1v) is 8.65. The van der Waals surface area contributed by atoms with Gasteiger partial charge in [0.25, 0.3) is 0 Å². The van der Waals surface area contributed by atoms with Crippen LogP contribution in [0, 0.1) is 6.92 Å². The second-order valence-electron chi connectivity index (χ2n) is 6.21. The summed E-state index contributed by atoms with van der Waals surface area (Å²) in [4.78, 5) is 12.1. The highest BCUT2D eigenvalue weighted by Gasteiger charge is 2.06. The largest absolute Gasteiger partial charge is 0.497 e. The highest BCUT2D eigenvalue weighted by molar-refractivity contribution is 5.73. The second-order valence-corrected chi connectivity index (χ2v) is 6.21. The Kier molecular flexibility index (Phi) is 5.69. The Bertz CT molecular complexity index is 847. The maximum absolute atomic E-state index is 12.1. The minimum absolute atomic E-state index is 0.232. The maximum Gasteiger partial charge on any atom is 0.311 e. The van der Waals surface area contributed by atoms with Gasteiger partial charge in [-0.3, -0.25) is 4.79 Å². The Labute approximate surface area is 154 Å². The van der Waals surface area contributed by atoms with E-state index in [9.17, 15) is 4.79 Å². The molecule has 0 radical (unpaired) electrons. The molecular weight excluding hydrogens is 324 g/mol. The molecule has 0 N–H and O–H groups in total. The van der Waals surface area contributed by atoms with Gasteiger partial charge in [-0.25, -0.2) is 0 Å². The molecule has 0 heterocycles. The lowest BCUT2D eigenvalue weighted by Crippen LogP contribution is -2.09. The van der Waals surface area contributed by atoms with E-state index in [2.05, 4.69) is 31.2 Å². The number of carbonyl (C=O) groups excluding carboxylic acids is 1. The van der Waals surface area contributed by atoms with E-state index in [1.807, 2.05) is 48.5 Å². The second kappa shape index (κ2) is 8.34. The van der Waals surface area contributed by atoms with Crippen LogP contribution in [0.15, 0.2) is 72.8 Å². The fraction of sp³-hybridized carbons (Fsp3) is 0.174. The number of rotatable bonds is 6. The molecule has 0 unspecified atom stereocenters. The molecule has 3 rings (SSSR count). The van der Waals surface area contributed by atoms with Crippen molar-refractivity contribution < 1.29 is 14.3 Å². The number of hydrogen-bond donors (Lipinski definition) is 0. The number of hydrogen-bond acceptors (Lipinski definition) is 3. The lowest BCUT2D eigenvalue weighted by atomic mass is 10.0. The van der Waals surface area contributed by atoms with E-state index in [4.69, 9.17) is 9.47 Å². The van der Waals surface area contributed by atoms with Crippen LogP contribution in [0.2, 0.25) is 0 Å². The van der Waals surface area contributed by atoms with Gasteiger partial charge in [0.05, 0.1) is 7.11 Å². The summed E-state index contributed by atoms with van der Waals surface area (Å²) in [7, 11) is 1.64. The monoisotopic (exact) mass is 346 g/mol. The summed E-state index contributed by atoms with van der Waals surface area (Å²) in [5, 5.41) is 0. The lowest BCUT2D eigenvalue weighted by Gasteiger charge is -2.07. The predicted octanol–water partition coefficient (Wildman–Crippen LogP) is 5.21. The van der Waals surface area contributed by atoms with Crippen molar-refractivity contribution in [3.63, 3.8) is 0 Å². The molecule has 0 atom stereocenters. The third-order valence-corrected chi connectivity index (χ3v) is 4.25. The molecule has 0 aliphatic carbocycles. The van der Waals surface area contributed by atoms with Crippen molar-refractivity contribution in [1.82, 2.24) is 0 Å². The summed E-state index contributed by atoms with van der Waals surface area (Å²) in [6, 6.07) is 23.7. The smallest absolute Gasteiger partial charge is 0.311 e. The van der Waals surface area contributed by atoms with E-state index >= 15 is 0 Å². The minimum atomic E-state index is -0.232. The van der Waals surface area contributed by atoms with Gasteiger partial charge < -0.3 is 9.47 Å². The molecule has 0 bridgehead atoms. The normalized spacial score (nSPS) is 10.4. The summed E-state index contributed by atoms with van der Waals surface area (Å²) < 4.78 is 10.6. The number of benzene rings is 3. The van der Waals surface area contributed by atoms with Crippen LogP contribution in [0.1, 0.15) is 17.5 Å². The van der Waals surface area contributed by atoms with Crippen molar-refractivity contribution in [3.05, 3.63) is 83.9 Å². The minimum Gasteiger partial charge on any atom is -0.497 e. The van der Waals surface area contributed by atoms with E-state index < -0.39 is 0 Å². The van der Waals surface area contributed by atoms with Crippen molar-refractivity contribution in [2.24, 2.45) is 0 Å². The van der Waals surface area contributed by atoms with Crippen LogP contribution in [-0.2, 0) is 11.2 Å². The number of esters is 1. The summed E-state index contributed by atoms with van der Waals surface area (Å²) in [5.74, 6) is 1.15. The molecule has 0 aromatic heterocycles. The van der Waals surface area contributed by atoms with Gasteiger partial charge >= 0.3 is 5.97 Å². The molecule has 0 spiro atoms. The number of aryl methyl sites for hydroxylation is 2. The third kappa shape index (κ3) is 4.73. The molecule has 132 valence electrons. The fourth-order valence-corrected chi connectivity index (χ4v) is 2.68. The summed E-state index contributed by atoms with van der Waals surface area (Å²) >= 11 is 0. The Hall–Kier alpha value is -3.07. The topological polar surface area (TPSA) is 35.5 Å². The molecule has 26 heavy (non-hydrogen) atoms. The maximum atomic E-state index is 12.1. The Balaban J connectivity index is 1.54. The first-order chi connectivity index (χ1) is 12.6. The van der Waals surface area contributed by atoms with Gasteiger partial charge in [-0.05, 0) is 54.3 Å². The van der Waals surface area contributed by atoms with Crippen molar-refractivity contribution in [2.75, 3.05) is 7.11 Å². The van der Waals surface area contributed by atoms with Crippen LogP contribution >= 0.6 is 0 Å². The quantitative estimate of drug-likeness (QED) is 0.454. The molecular formula is C23H22O3. The average Bonchev–Trinajstić information content (AvgIpc) is 2.68. The van der Waals surface area contributed by atoms with Crippen LogP contribution in [0.4, 0.5) is 0 Å². The van der Waals surface area contributed by atoms with E-state index in [0.717, 1.165) is 22.4 Å². The lowest BCUT2D eigenvalue weighted by molar-refractivity contribution is -0.134. The highest BCUT2D eigenvalue weighted by Crippen LogP contribution is 2.23.